The highest BCUT2D eigenvalue weighted by Gasteiger charge is 2.47. The van der Waals surface area contributed by atoms with Crippen LogP contribution in [0.15, 0.2) is 23.3 Å². The number of aliphatic hydroxyl groups is 1. The first-order chi connectivity index (χ1) is 7.34. The van der Waals surface area contributed by atoms with Crippen molar-refractivity contribution < 1.29 is 24.9 Å². The molecule has 0 bridgehead atoms. The molecule has 2 unspecified atom stereocenters. The molecule has 0 aliphatic heterocycles. The van der Waals surface area contributed by atoms with Crippen molar-refractivity contribution in [2.75, 3.05) is 5.88 Å². The largest absolute Gasteiger partial charge is 0.479 e. The van der Waals surface area contributed by atoms with Gasteiger partial charge in [-0.1, -0.05) is 6.08 Å². The zero-order valence-corrected chi connectivity index (χ0v) is 9.23. The highest BCUT2D eigenvalue weighted by Crippen LogP contribution is 2.34. The summed E-state index contributed by atoms with van der Waals surface area (Å²) in [5.41, 5.74) is -2.03. The Balaban J connectivity index is 3.32. The number of hydrogen-bond acceptors (Lipinski definition) is 3. The van der Waals surface area contributed by atoms with Gasteiger partial charge in [0.1, 0.15) is 0 Å². The van der Waals surface area contributed by atoms with Gasteiger partial charge in [0, 0.05) is 17.4 Å². The number of halogens is 1. The summed E-state index contributed by atoms with van der Waals surface area (Å²) < 4.78 is 0. The van der Waals surface area contributed by atoms with E-state index in [0.29, 0.717) is 5.57 Å². The lowest BCUT2D eigenvalue weighted by Gasteiger charge is -2.32. The molecule has 0 fully saturated rings. The molecule has 16 heavy (non-hydrogen) atoms. The fourth-order valence-corrected chi connectivity index (χ4v) is 2.08. The average molecular weight is 247 g/mol. The van der Waals surface area contributed by atoms with Crippen molar-refractivity contribution in [1.29, 1.82) is 0 Å². The van der Waals surface area contributed by atoms with E-state index in [4.69, 9.17) is 21.8 Å². The minimum atomic E-state index is -2.25. The van der Waals surface area contributed by atoms with Crippen molar-refractivity contribution >= 4 is 23.5 Å². The van der Waals surface area contributed by atoms with Crippen LogP contribution < -0.4 is 0 Å². The van der Waals surface area contributed by atoms with Gasteiger partial charge in [0.25, 0.3) is 0 Å². The second-order valence-electron chi connectivity index (χ2n) is 3.57. The summed E-state index contributed by atoms with van der Waals surface area (Å²) in [6, 6.07) is 0. The molecule has 0 aromatic carbocycles. The number of carboxylic acid groups (broad SMARTS) is 2. The van der Waals surface area contributed by atoms with E-state index in [1.54, 1.807) is 0 Å². The van der Waals surface area contributed by atoms with Gasteiger partial charge in [0.05, 0.1) is 0 Å². The molecule has 2 atom stereocenters. The second kappa shape index (κ2) is 4.27. The van der Waals surface area contributed by atoms with E-state index >= 15 is 0 Å². The third-order valence-corrected chi connectivity index (χ3v) is 2.93. The molecule has 6 heteroatoms. The molecule has 88 valence electrons. The standard InChI is InChI=1S/C10H11ClO5/c1-5-2-3-10(16,9(14)15)6(4-11)7(5)8(12)13/h2-3,6,16H,4H2,1H3,(H,12,13)(H,14,15). The van der Waals surface area contributed by atoms with Crippen LogP contribution >= 0.6 is 11.6 Å². The molecule has 0 saturated carbocycles. The van der Waals surface area contributed by atoms with Gasteiger partial charge in [-0.15, -0.1) is 11.6 Å². The maximum absolute atomic E-state index is 11.0. The molecule has 0 radical (unpaired) electrons. The molecule has 5 nitrogen and oxygen atoms in total. The van der Waals surface area contributed by atoms with E-state index in [1.165, 1.54) is 13.0 Å². The zero-order valence-electron chi connectivity index (χ0n) is 8.48. The predicted molar refractivity (Wildman–Crippen MR) is 56.3 cm³/mol. The smallest absolute Gasteiger partial charge is 0.340 e. The van der Waals surface area contributed by atoms with Crippen LogP contribution in [0.5, 0.6) is 0 Å². The van der Waals surface area contributed by atoms with Crippen molar-refractivity contribution in [2.24, 2.45) is 5.92 Å². The summed E-state index contributed by atoms with van der Waals surface area (Å²) in [5, 5.41) is 27.8. The SMILES string of the molecule is CC1=C(C(=O)O)C(CCl)C(O)(C(=O)O)C=C1. The van der Waals surface area contributed by atoms with Gasteiger partial charge in [-0.3, -0.25) is 0 Å². The lowest BCUT2D eigenvalue weighted by molar-refractivity contribution is -0.157. The Bertz CT molecular complexity index is 398. The van der Waals surface area contributed by atoms with Crippen LogP contribution in [-0.4, -0.2) is 38.7 Å². The molecular formula is C10H11ClO5. The van der Waals surface area contributed by atoms with Crippen LogP contribution in [0.25, 0.3) is 0 Å². The van der Waals surface area contributed by atoms with Crippen LogP contribution in [0.1, 0.15) is 6.92 Å². The Morgan fingerprint density at radius 2 is 2.06 bits per heavy atom. The first kappa shape index (κ1) is 12.7. The summed E-state index contributed by atoms with van der Waals surface area (Å²) in [7, 11) is 0. The van der Waals surface area contributed by atoms with Crippen molar-refractivity contribution in [2.45, 2.75) is 12.5 Å². The van der Waals surface area contributed by atoms with Gasteiger partial charge in [0.15, 0.2) is 5.60 Å². The van der Waals surface area contributed by atoms with Crippen LogP contribution in [0.2, 0.25) is 0 Å². The lowest BCUT2D eigenvalue weighted by Crippen LogP contribution is -2.48. The number of alkyl halides is 1. The molecule has 3 N–H and O–H groups in total. The van der Waals surface area contributed by atoms with Crippen LogP contribution in [-0.2, 0) is 9.59 Å². The summed E-state index contributed by atoms with van der Waals surface area (Å²) >= 11 is 5.56. The van der Waals surface area contributed by atoms with Crippen LogP contribution in [0.3, 0.4) is 0 Å². The molecule has 1 aliphatic rings. The normalized spacial score (nSPS) is 29.3. The Kier molecular flexibility index (Phi) is 3.40. The number of rotatable bonds is 3. The minimum Gasteiger partial charge on any atom is -0.479 e. The number of aliphatic carboxylic acids is 2. The Labute approximate surface area is 96.6 Å². The predicted octanol–water partition coefficient (Wildman–Crippen LogP) is 0.628. The lowest BCUT2D eigenvalue weighted by atomic mass is 9.77. The van der Waals surface area contributed by atoms with Crippen LogP contribution in [0, 0.1) is 5.92 Å². The van der Waals surface area contributed by atoms with E-state index < -0.39 is 23.5 Å². The average Bonchev–Trinajstić information content (AvgIpc) is 2.20. The zero-order chi connectivity index (χ0) is 12.5. The fraction of sp³-hybridized carbons (Fsp3) is 0.400. The van der Waals surface area contributed by atoms with Gasteiger partial charge >= 0.3 is 11.9 Å². The van der Waals surface area contributed by atoms with Gasteiger partial charge in [-0.2, -0.15) is 0 Å². The second-order valence-corrected chi connectivity index (χ2v) is 3.88. The van der Waals surface area contributed by atoms with Crippen molar-refractivity contribution in [1.82, 2.24) is 0 Å². The fourth-order valence-electron chi connectivity index (χ4n) is 1.69. The highest BCUT2D eigenvalue weighted by atomic mass is 35.5. The van der Waals surface area contributed by atoms with Gasteiger partial charge in [-0.25, -0.2) is 9.59 Å². The quantitative estimate of drug-likeness (QED) is 0.635. The van der Waals surface area contributed by atoms with Crippen molar-refractivity contribution in [3.05, 3.63) is 23.3 Å². The molecule has 0 aromatic heterocycles. The minimum absolute atomic E-state index is 0.164. The third-order valence-electron chi connectivity index (χ3n) is 2.62. The number of carboxylic acids is 2. The summed E-state index contributed by atoms with van der Waals surface area (Å²) in [4.78, 5) is 21.9. The molecule has 0 amide bonds. The van der Waals surface area contributed by atoms with Gasteiger partial charge < -0.3 is 15.3 Å². The highest BCUT2D eigenvalue weighted by molar-refractivity contribution is 6.19. The van der Waals surface area contributed by atoms with E-state index in [0.717, 1.165) is 6.08 Å². The Morgan fingerprint density at radius 3 is 2.44 bits per heavy atom. The van der Waals surface area contributed by atoms with E-state index in [9.17, 15) is 14.7 Å². The van der Waals surface area contributed by atoms with Crippen molar-refractivity contribution in [3.8, 4) is 0 Å². The van der Waals surface area contributed by atoms with E-state index in [1.807, 2.05) is 0 Å². The number of carbonyl (C=O) groups is 2. The first-order valence-electron chi connectivity index (χ1n) is 4.49. The number of allylic oxidation sites excluding steroid dienone is 2. The maximum Gasteiger partial charge on any atom is 0.340 e. The first-order valence-corrected chi connectivity index (χ1v) is 5.03. The number of hydrogen-bond donors (Lipinski definition) is 3. The van der Waals surface area contributed by atoms with Crippen molar-refractivity contribution in [3.63, 3.8) is 0 Å². The Hall–Kier alpha value is -1.33. The summed E-state index contributed by atoms with van der Waals surface area (Å²) in [6.07, 6.45) is 2.34. The molecule has 0 saturated heterocycles. The van der Waals surface area contributed by atoms with Gasteiger partial charge in [-0.05, 0) is 18.6 Å². The molecule has 0 aromatic rings. The van der Waals surface area contributed by atoms with Crippen LogP contribution in [0.4, 0.5) is 0 Å². The topological polar surface area (TPSA) is 94.8 Å². The van der Waals surface area contributed by atoms with E-state index in [-0.39, 0.29) is 11.5 Å². The summed E-state index contributed by atoms with van der Waals surface area (Å²) in [5.74, 6) is -4.23. The molecular weight excluding hydrogens is 236 g/mol. The molecule has 1 rings (SSSR count). The maximum atomic E-state index is 11.0. The Morgan fingerprint density at radius 1 is 1.50 bits per heavy atom. The monoisotopic (exact) mass is 246 g/mol. The molecule has 0 heterocycles. The van der Waals surface area contributed by atoms with E-state index in [2.05, 4.69) is 0 Å². The summed E-state index contributed by atoms with van der Waals surface area (Å²) in [6.45, 7) is 1.53. The molecule has 1 aliphatic carbocycles. The third kappa shape index (κ3) is 1.83. The van der Waals surface area contributed by atoms with Gasteiger partial charge in [0.2, 0.25) is 0 Å². The molecule has 0 spiro atoms.